The molecule has 5 heteroatoms. The van der Waals surface area contributed by atoms with Gasteiger partial charge in [-0.05, 0) is 11.6 Å². The standard InChI is InChI=1S/C9H11ClN2O2/c10-6-2-9-8(13-4-14-9)1-5(6)7(12)3-11/h1-2,7H,3-4,11-12H2/t7-/m1/s1. The quantitative estimate of drug-likeness (QED) is 0.772. The van der Waals surface area contributed by atoms with E-state index in [1.807, 2.05) is 0 Å². The van der Waals surface area contributed by atoms with Gasteiger partial charge in [0.2, 0.25) is 6.79 Å². The molecule has 1 aliphatic rings. The second-order valence-electron chi connectivity index (χ2n) is 3.07. The molecule has 76 valence electrons. The molecule has 0 radical (unpaired) electrons. The van der Waals surface area contributed by atoms with Gasteiger partial charge in [-0.2, -0.15) is 0 Å². The van der Waals surface area contributed by atoms with Gasteiger partial charge in [0.15, 0.2) is 11.5 Å². The van der Waals surface area contributed by atoms with E-state index >= 15 is 0 Å². The van der Waals surface area contributed by atoms with Gasteiger partial charge in [-0.25, -0.2) is 0 Å². The minimum Gasteiger partial charge on any atom is -0.454 e. The van der Waals surface area contributed by atoms with Crippen LogP contribution in [0.2, 0.25) is 5.02 Å². The highest BCUT2D eigenvalue weighted by Gasteiger charge is 2.18. The first-order valence-electron chi connectivity index (χ1n) is 4.27. The van der Waals surface area contributed by atoms with E-state index in [-0.39, 0.29) is 12.8 Å². The van der Waals surface area contributed by atoms with Gasteiger partial charge in [0.25, 0.3) is 0 Å². The Morgan fingerprint density at radius 1 is 1.36 bits per heavy atom. The van der Waals surface area contributed by atoms with Crippen molar-refractivity contribution in [1.29, 1.82) is 0 Å². The predicted octanol–water partition coefficient (Wildman–Crippen LogP) is 1.03. The molecular weight excluding hydrogens is 204 g/mol. The van der Waals surface area contributed by atoms with Crippen molar-refractivity contribution in [2.24, 2.45) is 11.5 Å². The number of hydrogen-bond donors (Lipinski definition) is 2. The second kappa shape index (κ2) is 3.65. The molecule has 0 unspecified atom stereocenters. The molecule has 14 heavy (non-hydrogen) atoms. The fraction of sp³-hybridized carbons (Fsp3) is 0.333. The summed E-state index contributed by atoms with van der Waals surface area (Å²) in [7, 11) is 0. The van der Waals surface area contributed by atoms with Crippen LogP contribution in [0.1, 0.15) is 11.6 Å². The highest BCUT2D eigenvalue weighted by atomic mass is 35.5. The molecule has 1 aliphatic heterocycles. The zero-order chi connectivity index (χ0) is 10.1. The van der Waals surface area contributed by atoms with E-state index in [1.165, 1.54) is 0 Å². The fourth-order valence-electron chi connectivity index (χ4n) is 1.34. The average Bonchev–Trinajstić information content (AvgIpc) is 2.62. The Morgan fingerprint density at radius 2 is 2.00 bits per heavy atom. The number of halogens is 1. The van der Waals surface area contributed by atoms with Crippen molar-refractivity contribution in [2.45, 2.75) is 6.04 Å². The summed E-state index contributed by atoms with van der Waals surface area (Å²) in [5.74, 6) is 1.33. The van der Waals surface area contributed by atoms with Crippen LogP contribution in [0.5, 0.6) is 11.5 Å². The van der Waals surface area contributed by atoms with Gasteiger partial charge < -0.3 is 20.9 Å². The van der Waals surface area contributed by atoms with E-state index in [2.05, 4.69) is 0 Å². The van der Waals surface area contributed by atoms with Crippen molar-refractivity contribution in [3.63, 3.8) is 0 Å². The lowest BCUT2D eigenvalue weighted by atomic mass is 10.1. The van der Waals surface area contributed by atoms with Crippen LogP contribution in [0.25, 0.3) is 0 Å². The van der Waals surface area contributed by atoms with Crippen LogP contribution in [0.3, 0.4) is 0 Å². The molecule has 1 aromatic carbocycles. The minimum atomic E-state index is -0.267. The van der Waals surface area contributed by atoms with Gasteiger partial charge in [-0.15, -0.1) is 0 Å². The van der Waals surface area contributed by atoms with Crippen LogP contribution in [0, 0.1) is 0 Å². The van der Waals surface area contributed by atoms with Gasteiger partial charge in [0.05, 0.1) is 0 Å². The van der Waals surface area contributed by atoms with Gasteiger partial charge in [-0.1, -0.05) is 11.6 Å². The molecule has 2 rings (SSSR count). The number of nitrogens with two attached hydrogens (primary N) is 2. The number of hydrogen-bond acceptors (Lipinski definition) is 4. The molecule has 0 bridgehead atoms. The Kier molecular flexibility index (Phi) is 2.50. The highest BCUT2D eigenvalue weighted by molar-refractivity contribution is 6.31. The molecule has 4 nitrogen and oxygen atoms in total. The Balaban J connectivity index is 2.42. The zero-order valence-electron chi connectivity index (χ0n) is 7.50. The third-order valence-electron chi connectivity index (χ3n) is 2.15. The summed E-state index contributed by atoms with van der Waals surface area (Å²) in [5.41, 5.74) is 12.0. The van der Waals surface area contributed by atoms with Crippen molar-refractivity contribution in [2.75, 3.05) is 13.3 Å². The molecule has 0 fully saturated rings. The molecule has 0 saturated heterocycles. The van der Waals surface area contributed by atoms with Crippen molar-refractivity contribution >= 4 is 11.6 Å². The van der Waals surface area contributed by atoms with Gasteiger partial charge in [0.1, 0.15) is 0 Å². The van der Waals surface area contributed by atoms with Crippen LogP contribution >= 0.6 is 11.6 Å². The summed E-state index contributed by atoms with van der Waals surface area (Å²) in [6.07, 6.45) is 0. The van der Waals surface area contributed by atoms with E-state index in [0.717, 1.165) is 5.56 Å². The SMILES string of the molecule is NC[C@@H](N)c1cc2c(cc1Cl)OCO2. The molecule has 0 spiro atoms. The van der Waals surface area contributed by atoms with Crippen LogP contribution in [0.15, 0.2) is 12.1 Å². The van der Waals surface area contributed by atoms with E-state index in [1.54, 1.807) is 12.1 Å². The first-order valence-corrected chi connectivity index (χ1v) is 4.65. The number of benzene rings is 1. The smallest absolute Gasteiger partial charge is 0.231 e. The minimum absolute atomic E-state index is 0.229. The maximum absolute atomic E-state index is 6.01. The predicted molar refractivity (Wildman–Crippen MR) is 53.6 cm³/mol. The molecule has 0 aliphatic carbocycles. The Morgan fingerprint density at radius 3 is 2.64 bits per heavy atom. The first-order chi connectivity index (χ1) is 6.72. The summed E-state index contributed by atoms with van der Waals surface area (Å²) in [4.78, 5) is 0. The van der Waals surface area contributed by atoms with Gasteiger partial charge >= 0.3 is 0 Å². The topological polar surface area (TPSA) is 70.5 Å². The maximum atomic E-state index is 6.01. The Hall–Kier alpha value is -0.970. The van der Waals surface area contributed by atoms with E-state index in [0.29, 0.717) is 23.1 Å². The summed E-state index contributed by atoms with van der Waals surface area (Å²) in [5, 5.41) is 0.562. The number of fused-ring (bicyclic) bond motifs is 1. The number of ether oxygens (including phenoxy) is 2. The van der Waals surface area contributed by atoms with Gasteiger partial charge in [0, 0.05) is 23.7 Å². The van der Waals surface area contributed by atoms with E-state index in [9.17, 15) is 0 Å². The lowest BCUT2D eigenvalue weighted by molar-refractivity contribution is 0.174. The van der Waals surface area contributed by atoms with Crippen LogP contribution in [-0.2, 0) is 0 Å². The summed E-state index contributed by atoms with van der Waals surface area (Å²) < 4.78 is 10.4. The van der Waals surface area contributed by atoms with Crippen molar-refractivity contribution < 1.29 is 9.47 Å². The second-order valence-corrected chi connectivity index (χ2v) is 3.48. The van der Waals surface area contributed by atoms with Crippen LogP contribution in [0.4, 0.5) is 0 Å². The number of rotatable bonds is 2. The molecule has 1 atom stereocenters. The molecule has 0 amide bonds. The zero-order valence-corrected chi connectivity index (χ0v) is 8.25. The molecule has 1 heterocycles. The van der Waals surface area contributed by atoms with Crippen molar-refractivity contribution in [1.82, 2.24) is 0 Å². The normalized spacial score (nSPS) is 15.6. The van der Waals surface area contributed by atoms with E-state index < -0.39 is 0 Å². The van der Waals surface area contributed by atoms with Crippen LogP contribution < -0.4 is 20.9 Å². The Bertz CT molecular complexity index is 357. The largest absolute Gasteiger partial charge is 0.454 e. The highest BCUT2D eigenvalue weighted by Crippen LogP contribution is 2.38. The monoisotopic (exact) mass is 214 g/mol. The third-order valence-corrected chi connectivity index (χ3v) is 2.47. The lowest BCUT2D eigenvalue weighted by Gasteiger charge is -2.11. The molecule has 1 aromatic rings. The summed E-state index contributed by atoms with van der Waals surface area (Å²) in [6, 6.07) is 3.22. The molecular formula is C9H11ClN2O2. The average molecular weight is 215 g/mol. The maximum Gasteiger partial charge on any atom is 0.231 e. The first kappa shape index (κ1) is 9.58. The lowest BCUT2D eigenvalue weighted by Crippen LogP contribution is -2.21. The third kappa shape index (κ3) is 1.52. The Labute approximate surface area is 86.7 Å². The molecule has 0 saturated carbocycles. The van der Waals surface area contributed by atoms with Crippen molar-refractivity contribution in [3.05, 3.63) is 22.7 Å². The van der Waals surface area contributed by atoms with Crippen molar-refractivity contribution in [3.8, 4) is 11.5 Å². The molecule has 0 aromatic heterocycles. The van der Waals surface area contributed by atoms with E-state index in [4.69, 9.17) is 32.5 Å². The fourth-order valence-corrected chi connectivity index (χ4v) is 1.64. The van der Waals surface area contributed by atoms with Gasteiger partial charge in [-0.3, -0.25) is 0 Å². The summed E-state index contributed by atoms with van der Waals surface area (Å²) in [6.45, 7) is 0.576. The summed E-state index contributed by atoms with van der Waals surface area (Å²) >= 11 is 6.01. The van der Waals surface area contributed by atoms with Crippen LogP contribution in [-0.4, -0.2) is 13.3 Å². The molecule has 4 N–H and O–H groups in total.